The second-order valence-corrected chi connectivity index (χ2v) is 10.5. The first-order chi connectivity index (χ1) is 14.6. The molecule has 4 rings (SSSR count). The van der Waals surface area contributed by atoms with Crippen molar-refractivity contribution < 1.29 is 0 Å². The number of aryl methyl sites for hydroxylation is 3. The molecule has 0 unspecified atom stereocenters. The van der Waals surface area contributed by atoms with Gasteiger partial charge in [-0.25, -0.2) is 0 Å². The lowest BCUT2D eigenvalue weighted by Crippen LogP contribution is -2.27. The molecule has 0 radical (unpaired) electrons. The van der Waals surface area contributed by atoms with Gasteiger partial charge in [0, 0.05) is 24.6 Å². The molecule has 3 aromatic rings. The number of rotatable bonds is 7. The lowest BCUT2D eigenvalue weighted by atomic mass is 10.0. The minimum Gasteiger partial charge on any atom is -0.358 e. The summed E-state index contributed by atoms with van der Waals surface area (Å²) in [6, 6.07) is 26.6. The molecule has 1 aliphatic heterocycles. The van der Waals surface area contributed by atoms with Crippen molar-refractivity contribution in [3.8, 4) is 0 Å². The number of nitrogens with zero attached hydrogens (tertiary/aromatic N) is 2. The third kappa shape index (κ3) is 5.79. The highest BCUT2D eigenvalue weighted by Gasteiger charge is 2.19. The zero-order chi connectivity index (χ0) is 20.9. The summed E-state index contributed by atoms with van der Waals surface area (Å²) in [5.41, 5.74) is 5.41. The van der Waals surface area contributed by atoms with Crippen molar-refractivity contribution in [3.05, 3.63) is 102 Å². The lowest BCUT2D eigenvalue weighted by molar-refractivity contribution is 0.407. The van der Waals surface area contributed by atoms with Crippen LogP contribution in [0.25, 0.3) is 0 Å². The average Bonchev–Trinajstić information content (AvgIpc) is 3.20. The first kappa shape index (κ1) is 23.6. The van der Waals surface area contributed by atoms with Gasteiger partial charge in [0.1, 0.15) is 0 Å². The van der Waals surface area contributed by atoms with Crippen LogP contribution >= 0.6 is 24.9 Å². The van der Waals surface area contributed by atoms with Crippen molar-refractivity contribution in [2.45, 2.75) is 27.2 Å². The minimum absolute atomic E-state index is 0. The summed E-state index contributed by atoms with van der Waals surface area (Å²) in [7, 11) is -0.304. The van der Waals surface area contributed by atoms with E-state index in [4.69, 9.17) is 0 Å². The molecule has 0 bridgehead atoms. The number of benzene rings is 3. The lowest BCUT2D eigenvalue weighted by Gasteiger charge is -2.25. The highest BCUT2D eigenvalue weighted by molar-refractivity contribution is 8.93. The molecule has 0 atom stereocenters. The Morgan fingerprint density at radius 2 is 1.32 bits per heavy atom. The van der Waals surface area contributed by atoms with Gasteiger partial charge < -0.3 is 9.80 Å². The number of hydrogen-bond donors (Lipinski definition) is 0. The van der Waals surface area contributed by atoms with Crippen LogP contribution in [0.2, 0.25) is 0 Å². The fourth-order valence-electron chi connectivity index (χ4n) is 4.44. The van der Waals surface area contributed by atoms with Crippen LogP contribution in [0, 0.1) is 20.8 Å². The molecule has 0 amide bonds. The van der Waals surface area contributed by atoms with E-state index in [-0.39, 0.29) is 24.9 Å². The van der Waals surface area contributed by atoms with Crippen LogP contribution in [0.15, 0.2) is 85.2 Å². The van der Waals surface area contributed by atoms with Crippen molar-refractivity contribution in [2.24, 2.45) is 0 Å². The summed E-state index contributed by atoms with van der Waals surface area (Å²) in [4.78, 5) is 4.84. The summed E-state index contributed by atoms with van der Waals surface area (Å²) in [6.45, 7) is 8.65. The molecule has 2 nitrogen and oxygen atoms in total. The van der Waals surface area contributed by atoms with Gasteiger partial charge in [0.05, 0.1) is 6.67 Å². The Balaban J connectivity index is 0.00000272. The Kier molecular flexibility index (Phi) is 8.35. The van der Waals surface area contributed by atoms with Gasteiger partial charge in [0.2, 0.25) is 0 Å². The van der Waals surface area contributed by atoms with E-state index in [1.807, 2.05) is 0 Å². The SMILES string of the molecule is Br.Cc1cc(C)c(N2C=CN(CCCP(c3ccccc3)c3ccccc3)C2)c(C)c1. The standard InChI is InChI=1S/C27H31N2P.BrH/c1-22-19-23(2)27(24(3)20-22)29-17-16-28(21-29)15-10-18-30(25-11-6-4-7-12-25)26-13-8-5-9-14-26;/h4-9,11-14,16-17,19-20H,10,15,18,21H2,1-3H3;1H. The zero-order valence-corrected chi connectivity index (χ0v) is 21.3. The monoisotopic (exact) mass is 494 g/mol. The molecular weight excluding hydrogens is 463 g/mol. The average molecular weight is 495 g/mol. The Bertz CT molecular complexity index is 942. The van der Waals surface area contributed by atoms with Crippen molar-refractivity contribution >= 4 is 41.2 Å². The molecule has 0 aliphatic carbocycles. The van der Waals surface area contributed by atoms with Gasteiger partial charge in [-0.3, -0.25) is 0 Å². The largest absolute Gasteiger partial charge is 0.358 e. The topological polar surface area (TPSA) is 6.48 Å². The molecule has 162 valence electrons. The Morgan fingerprint density at radius 1 is 0.774 bits per heavy atom. The van der Waals surface area contributed by atoms with Crippen LogP contribution in [0.4, 0.5) is 5.69 Å². The van der Waals surface area contributed by atoms with Gasteiger partial charge in [-0.2, -0.15) is 0 Å². The van der Waals surface area contributed by atoms with E-state index in [1.165, 1.54) is 45.6 Å². The predicted molar refractivity (Wildman–Crippen MR) is 143 cm³/mol. The Morgan fingerprint density at radius 3 is 1.87 bits per heavy atom. The van der Waals surface area contributed by atoms with Gasteiger partial charge in [0.25, 0.3) is 0 Å². The molecule has 0 aromatic heterocycles. The van der Waals surface area contributed by atoms with Crippen LogP contribution < -0.4 is 15.5 Å². The van der Waals surface area contributed by atoms with Gasteiger partial charge in [-0.1, -0.05) is 78.4 Å². The van der Waals surface area contributed by atoms with Crippen molar-refractivity contribution in [2.75, 3.05) is 24.3 Å². The van der Waals surface area contributed by atoms with E-state index in [0.717, 1.165) is 13.2 Å². The molecule has 0 N–H and O–H groups in total. The number of halogens is 1. The van der Waals surface area contributed by atoms with E-state index in [0.29, 0.717) is 0 Å². The molecule has 1 aliphatic rings. The summed E-state index contributed by atoms with van der Waals surface area (Å²) in [5.74, 6) is 0. The van der Waals surface area contributed by atoms with Gasteiger partial charge in [0.15, 0.2) is 0 Å². The maximum atomic E-state index is 2.45. The second kappa shape index (κ2) is 11.0. The molecular formula is C27H32BrN2P. The molecule has 0 saturated carbocycles. The summed E-state index contributed by atoms with van der Waals surface area (Å²) in [6.07, 6.45) is 6.91. The van der Waals surface area contributed by atoms with E-state index < -0.39 is 0 Å². The van der Waals surface area contributed by atoms with Crippen molar-refractivity contribution in [1.29, 1.82) is 0 Å². The number of hydrogen-bond acceptors (Lipinski definition) is 2. The Labute approximate surface area is 199 Å². The Hall–Kier alpha value is -2.09. The molecule has 31 heavy (non-hydrogen) atoms. The minimum atomic E-state index is -0.304. The predicted octanol–water partition coefficient (Wildman–Crippen LogP) is 6.26. The molecule has 0 spiro atoms. The van der Waals surface area contributed by atoms with Crippen molar-refractivity contribution in [3.63, 3.8) is 0 Å². The maximum absolute atomic E-state index is 2.45. The van der Waals surface area contributed by atoms with E-state index >= 15 is 0 Å². The summed E-state index contributed by atoms with van der Waals surface area (Å²) >= 11 is 0. The third-order valence-electron chi connectivity index (χ3n) is 5.68. The van der Waals surface area contributed by atoms with Gasteiger partial charge in [-0.05, 0) is 63.0 Å². The van der Waals surface area contributed by atoms with Crippen LogP contribution in [-0.2, 0) is 0 Å². The highest BCUT2D eigenvalue weighted by Crippen LogP contribution is 2.34. The highest BCUT2D eigenvalue weighted by atomic mass is 79.9. The molecule has 3 aromatic carbocycles. The molecule has 4 heteroatoms. The molecule has 0 saturated heterocycles. The van der Waals surface area contributed by atoms with Crippen LogP contribution in [0.3, 0.4) is 0 Å². The maximum Gasteiger partial charge on any atom is 0.0942 e. The first-order valence-electron chi connectivity index (χ1n) is 10.8. The van der Waals surface area contributed by atoms with E-state index in [2.05, 4.69) is 116 Å². The number of anilines is 1. The zero-order valence-electron chi connectivity index (χ0n) is 18.7. The van der Waals surface area contributed by atoms with E-state index in [9.17, 15) is 0 Å². The third-order valence-corrected chi connectivity index (χ3v) is 8.28. The smallest absolute Gasteiger partial charge is 0.0942 e. The van der Waals surface area contributed by atoms with Gasteiger partial charge >= 0.3 is 0 Å². The fourth-order valence-corrected chi connectivity index (χ4v) is 6.77. The van der Waals surface area contributed by atoms with E-state index in [1.54, 1.807) is 0 Å². The first-order valence-corrected chi connectivity index (χ1v) is 12.3. The molecule has 1 heterocycles. The van der Waals surface area contributed by atoms with Gasteiger partial charge in [-0.15, -0.1) is 17.0 Å². The van der Waals surface area contributed by atoms with Crippen LogP contribution in [-0.4, -0.2) is 24.3 Å². The fraction of sp³-hybridized carbons (Fsp3) is 0.259. The second-order valence-electron chi connectivity index (χ2n) is 8.15. The summed E-state index contributed by atoms with van der Waals surface area (Å²) < 4.78 is 0. The molecule has 0 fully saturated rings. The van der Waals surface area contributed by atoms with Crippen molar-refractivity contribution in [1.82, 2.24) is 4.90 Å². The summed E-state index contributed by atoms with van der Waals surface area (Å²) in [5, 5.41) is 2.95. The normalized spacial score (nSPS) is 13.0. The van der Waals surface area contributed by atoms with Crippen LogP contribution in [0.5, 0.6) is 0 Å². The quantitative estimate of drug-likeness (QED) is 0.357. The van der Waals surface area contributed by atoms with Crippen LogP contribution in [0.1, 0.15) is 23.1 Å².